The summed E-state index contributed by atoms with van der Waals surface area (Å²) in [5.41, 5.74) is 1.87. The number of thioether (sulfide) groups is 1. The third-order valence-corrected chi connectivity index (χ3v) is 8.11. The number of aliphatic hydroxyl groups is 2. The van der Waals surface area contributed by atoms with Gasteiger partial charge in [0, 0.05) is 22.7 Å². The molecular weight excluding hydrogens is 414 g/mol. The Kier molecular flexibility index (Phi) is 5.32. The molecule has 156 valence electrons. The van der Waals surface area contributed by atoms with E-state index in [1.54, 1.807) is 6.92 Å². The minimum Gasteiger partial charge on any atom is -0.477 e. The fourth-order valence-electron chi connectivity index (χ4n) is 4.36. The van der Waals surface area contributed by atoms with Gasteiger partial charge in [0.05, 0.1) is 36.4 Å². The molecule has 1 amide bonds. The zero-order chi connectivity index (χ0) is 21.0. The zero-order valence-corrected chi connectivity index (χ0v) is 17.9. The second kappa shape index (κ2) is 7.51. The van der Waals surface area contributed by atoms with Gasteiger partial charge in [0.15, 0.2) is 4.34 Å². The van der Waals surface area contributed by atoms with Crippen LogP contribution in [-0.2, 0) is 9.59 Å². The molecule has 1 saturated heterocycles. The summed E-state index contributed by atoms with van der Waals surface area (Å²) in [6.45, 7) is 4.21. The number of carbonyl (C=O) groups excluding carboxylic acids is 1. The molecule has 0 radical (unpaired) electrons. The van der Waals surface area contributed by atoms with E-state index in [0.717, 1.165) is 11.3 Å². The van der Waals surface area contributed by atoms with Crippen LogP contribution in [0.5, 0.6) is 0 Å². The highest BCUT2D eigenvalue weighted by molar-refractivity contribution is 8.04. The Hall–Kier alpha value is -1.72. The Balaban J connectivity index is 1.59. The van der Waals surface area contributed by atoms with Gasteiger partial charge < -0.3 is 20.2 Å². The molecule has 1 fully saturated rings. The molecule has 3 N–H and O–H groups in total. The minimum absolute atomic E-state index is 0.00584. The number of fused-ring (bicyclic) bond motifs is 1. The van der Waals surface area contributed by atoms with Gasteiger partial charge in [0.1, 0.15) is 5.70 Å². The molecule has 0 spiro atoms. The molecule has 0 bridgehead atoms. The summed E-state index contributed by atoms with van der Waals surface area (Å²) < 4.78 is 0.708. The molecule has 0 aliphatic carbocycles. The first kappa shape index (κ1) is 20.5. The van der Waals surface area contributed by atoms with Crippen molar-refractivity contribution in [3.8, 4) is 0 Å². The Morgan fingerprint density at radius 1 is 1.48 bits per heavy atom. The lowest BCUT2D eigenvalue weighted by atomic mass is 9.79. The van der Waals surface area contributed by atoms with E-state index in [1.165, 1.54) is 28.0 Å². The summed E-state index contributed by atoms with van der Waals surface area (Å²) in [4.78, 5) is 32.9. The number of hydrogen-bond acceptors (Lipinski definition) is 8. The largest absolute Gasteiger partial charge is 0.477 e. The maximum Gasteiger partial charge on any atom is 0.353 e. The van der Waals surface area contributed by atoms with Crippen LogP contribution < -0.4 is 0 Å². The lowest BCUT2D eigenvalue weighted by Gasteiger charge is -2.46. The van der Waals surface area contributed by atoms with E-state index in [9.17, 15) is 24.9 Å². The summed E-state index contributed by atoms with van der Waals surface area (Å²) in [5.74, 6) is -2.23. The van der Waals surface area contributed by atoms with E-state index >= 15 is 0 Å². The van der Waals surface area contributed by atoms with E-state index in [-0.39, 0.29) is 36.2 Å². The first-order chi connectivity index (χ1) is 13.7. The van der Waals surface area contributed by atoms with Gasteiger partial charge in [-0.15, -0.1) is 11.3 Å². The molecule has 29 heavy (non-hydrogen) atoms. The average Bonchev–Trinajstić information content (AvgIpc) is 3.32. The van der Waals surface area contributed by atoms with Crippen LogP contribution in [0.25, 0.3) is 5.57 Å². The SMILES string of the molecule is CC(O)C1C(=O)N2C(C(=O)O)=C(Sc3nc(C4=CC(CO)N(C)C4)cs3)C(C)C12. The number of amides is 1. The van der Waals surface area contributed by atoms with Gasteiger partial charge in [0.25, 0.3) is 0 Å². The van der Waals surface area contributed by atoms with E-state index < -0.39 is 18.0 Å². The van der Waals surface area contributed by atoms with Gasteiger partial charge in [0.2, 0.25) is 5.91 Å². The van der Waals surface area contributed by atoms with Crippen molar-refractivity contribution in [1.82, 2.24) is 14.8 Å². The number of hydrogen-bond donors (Lipinski definition) is 3. The van der Waals surface area contributed by atoms with E-state index in [0.29, 0.717) is 15.8 Å². The molecule has 5 unspecified atom stereocenters. The summed E-state index contributed by atoms with van der Waals surface area (Å²) in [5, 5.41) is 31.0. The number of likely N-dealkylation sites (N-methyl/N-ethyl adjacent to an activating group) is 1. The topological polar surface area (TPSA) is 114 Å². The van der Waals surface area contributed by atoms with Crippen LogP contribution in [0.4, 0.5) is 0 Å². The molecule has 4 rings (SSSR count). The molecule has 3 aliphatic rings. The second-order valence-corrected chi connectivity index (χ2v) is 9.88. The highest BCUT2D eigenvalue weighted by atomic mass is 32.2. The van der Waals surface area contributed by atoms with E-state index in [2.05, 4.69) is 4.98 Å². The third kappa shape index (κ3) is 3.23. The van der Waals surface area contributed by atoms with Gasteiger partial charge in [-0.3, -0.25) is 9.69 Å². The number of β-lactam (4-membered cyclic amide) rings is 1. The Morgan fingerprint density at radius 2 is 2.21 bits per heavy atom. The van der Waals surface area contributed by atoms with Crippen molar-refractivity contribution < 1.29 is 24.9 Å². The number of aliphatic hydroxyl groups excluding tert-OH is 2. The molecule has 8 nitrogen and oxygen atoms in total. The quantitative estimate of drug-likeness (QED) is 0.567. The molecule has 3 aliphatic heterocycles. The lowest BCUT2D eigenvalue weighted by Crippen LogP contribution is -2.63. The number of carboxylic acid groups (broad SMARTS) is 1. The summed E-state index contributed by atoms with van der Waals surface area (Å²) in [6.07, 6.45) is 1.18. The normalized spacial score (nSPS) is 30.4. The minimum atomic E-state index is -1.14. The number of carboxylic acids is 1. The van der Waals surface area contributed by atoms with E-state index in [4.69, 9.17) is 0 Å². The van der Waals surface area contributed by atoms with Crippen LogP contribution in [0, 0.1) is 11.8 Å². The van der Waals surface area contributed by atoms with Gasteiger partial charge >= 0.3 is 5.97 Å². The first-order valence-corrected chi connectivity index (χ1v) is 11.1. The molecule has 1 aromatic heterocycles. The maximum absolute atomic E-state index is 12.4. The number of aliphatic carboxylic acids is 1. The van der Waals surface area contributed by atoms with Gasteiger partial charge in [-0.2, -0.15) is 0 Å². The highest BCUT2D eigenvalue weighted by Gasteiger charge is 2.60. The predicted octanol–water partition coefficient (Wildman–Crippen LogP) is 1.08. The molecular formula is C19H23N3O5S2. The monoisotopic (exact) mass is 437 g/mol. The van der Waals surface area contributed by atoms with Gasteiger partial charge in [-0.25, -0.2) is 9.78 Å². The van der Waals surface area contributed by atoms with Gasteiger partial charge in [-0.1, -0.05) is 24.8 Å². The lowest BCUT2D eigenvalue weighted by molar-refractivity contribution is -0.163. The average molecular weight is 438 g/mol. The molecule has 5 atom stereocenters. The van der Waals surface area contributed by atoms with Gasteiger partial charge in [-0.05, 0) is 19.5 Å². The van der Waals surface area contributed by atoms with Crippen LogP contribution >= 0.6 is 23.1 Å². The summed E-state index contributed by atoms with van der Waals surface area (Å²) >= 11 is 2.72. The second-order valence-electron chi connectivity index (χ2n) is 7.73. The number of aromatic nitrogens is 1. The summed E-state index contributed by atoms with van der Waals surface area (Å²) in [7, 11) is 1.94. The Labute approximate surface area is 176 Å². The van der Waals surface area contributed by atoms with E-state index in [1.807, 2.05) is 30.3 Å². The van der Waals surface area contributed by atoms with Crippen molar-refractivity contribution in [2.24, 2.45) is 11.8 Å². The molecule has 1 aromatic rings. The third-order valence-electron chi connectivity index (χ3n) is 5.89. The van der Waals surface area contributed by atoms with Crippen LogP contribution in [0.3, 0.4) is 0 Å². The van der Waals surface area contributed by atoms with Crippen LogP contribution in [0.15, 0.2) is 26.4 Å². The zero-order valence-electron chi connectivity index (χ0n) is 16.3. The maximum atomic E-state index is 12.4. The fourth-order valence-corrected chi connectivity index (χ4v) is 6.47. The fraction of sp³-hybridized carbons (Fsp3) is 0.526. The summed E-state index contributed by atoms with van der Waals surface area (Å²) in [6, 6.07) is -0.349. The van der Waals surface area contributed by atoms with Crippen molar-refractivity contribution >= 4 is 40.5 Å². The van der Waals surface area contributed by atoms with Crippen molar-refractivity contribution in [2.75, 3.05) is 20.2 Å². The number of rotatable bonds is 6. The molecule has 0 aromatic carbocycles. The van der Waals surface area contributed by atoms with Crippen molar-refractivity contribution in [3.05, 3.63) is 27.8 Å². The predicted molar refractivity (Wildman–Crippen MR) is 109 cm³/mol. The van der Waals surface area contributed by atoms with Crippen LogP contribution in [0.2, 0.25) is 0 Å². The first-order valence-electron chi connectivity index (χ1n) is 9.38. The standard InChI is InChI=1S/C19H23N3O5S2/c1-8-14-13(9(2)24)17(25)22(14)15(18(26)27)16(8)29-19-20-12(7-28-19)10-4-11(6-23)21(3)5-10/h4,7-9,11,13-14,23-24H,5-6H2,1-3H3,(H,26,27). The number of thiazole rings is 1. The number of nitrogens with zero attached hydrogens (tertiary/aromatic N) is 3. The van der Waals surface area contributed by atoms with Crippen LogP contribution in [-0.4, -0.2) is 80.4 Å². The Morgan fingerprint density at radius 3 is 2.79 bits per heavy atom. The van der Waals surface area contributed by atoms with Crippen molar-refractivity contribution in [3.63, 3.8) is 0 Å². The Bertz CT molecular complexity index is 925. The van der Waals surface area contributed by atoms with Crippen molar-refractivity contribution in [2.45, 2.75) is 36.4 Å². The number of carbonyl (C=O) groups is 2. The molecule has 4 heterocycles. The highest BCUT2D eigenvalue weighted by Crippen LogP contribution is 2.52. The van der Waals surface area contributed by atoms with Crippen LogP contribution in [0.1, 0.15) is 19.5 Å². The molecule has 0 saturated carbocycles. The smallest absolute Gasteiger partial charge is 0.353 e. The van der Waals surface area contributed by atoms with Crippen molar-refractivity contribution in [1.29, 1.82) is 0 Å². The molecule has 10 heteroatoms.